The van der Waals surface area contributed by atoms with Gasteiger partial charge in [0.25, 0.3) is 17.5 Å². The number of benzene rings is 2. The number of non-ortho nitro benzene ring substituents is 2. The fraction of sp³-hybridized carbons (Fsp3) is 0.241. The average Bonchev–Trinajstić information content (AvgIpc) is 3.36. The maximum atomic E-state index is 14.1. The zero-order valence-corrected chi connectivity index (χ0v) is 23.9. The number of ether oxygens (including phenoxy) is 2. The van der Waals surface area contributed by atoms with Crippen molar-refractivity contribution in [2.75, 3.05) is 0 Å². The van der Waals surface area contributed by atoms with Crippen LogP contribution in [0.5, 0.6) is 0 Å². The lowest BCUT2D eigenvalue weighted by molar-refractivity contribution is -0.825. The summed E-state index contributed by atoms with van der Waals surface area (Å²) in [6, 6.07) is 13.4. The molecular weight excluding hydrogens is 596 g/mol. The van der Waals surface area contributed by atoms with Crippen molar-refractivity contribution >= 4 is 41.3 Å². The number of carbonyl (C=O) groups is 3. The van der Waals surface area contributed by atoms with E-state index in [2.05, 4.69) is 4.98 Å². The Balaban J connectivity index is 1.41. The minimum atomic E-state index is -1.63. The van der Waals surface area contributed by atoms with Crippen molar-refractivity contribution in [1.29, 1.82) is 0 Å². The predicted molar refractivity (Wildman–Crippen MR) is 150 cm³/mol. The average molecular weight is 621 g/mol. The first-order chi connectivity index (χ1) is 21.0. The molecule has 0 aliphatic carbocycles. The lowest BCUT2D eigenvalue weighted by atomic mass is 9.62. The highest BCUT2D eigenvalue weighted by Crippen LogP contribution is 2.59. The van der Waals surface area contributed by atoms with Crippen molar-refractivity contribution in [2.45, 2.75) is 43.4 Å². The van der Waals surface area contributed by atoms with Gasteiger partial charge in [0.1, 0.15) is 25.0 Å². The van der Waals surface area contributed by atoms with Gasteiger partial charge in [-0.25, -0.2) is 9.59 Å². The van der Waals surface area contributed by atoms with E-state index in [0.717, 1.165) is 4.90 Å². The molecular formula is C29H24N4O10S. The van der Waals surface area contributed by atoms with Crippen molar-refractivity contribution < 1.29 is 43.3 Å². The fourth-order valence-electron chi connectivity index (χ4n) is 5.75. The number of nitrogens with zero attached hydrogens (tertiary/aromatic N) is 4. The predicted octanol–water partition coefficient (Wildman–Crippen LogP) is 4.28. The van der Waals surface area contributed by atoms with Gasteiger partial charge in [0.05, 0.1) is 9.85 Å². The highest BCUT2D eigenvalue weighted by Gasteiger charge is 2.79. The maximum absolute atomic E-state index is 14.1. The molecule has 1 aromatic heterocycles. The van der Waals surface area contributed by atoms with E-state index in [4.69, 9.17) is 9.47 Å². The molecule has 0 radical (unpaired) electrons. The summed E-state index contributed by atoms with van der Waals surface area (Å²) in [5, 5.41) is 34.6. The van der Waals surface area contributed by atoms with Crippen LogP contribution in [0.3, 0.4) is 0 Å². The number of carbonyl (C=O) groups excluding carboxylic acids is 3. The molecule has 1 fully saturated rings. The summed E-state index contributed by atoms with van der Waals surface area (Å²) in [6.07, 6.45) is 0.617. The largest absolute Gasteiger partial charge is 0.508 e. The summed E-state index contributed by atoms with van der Waals surface area (Å²) < 4.78 is 9.68. The second kappa shape index (κ2) is 11.9. The molecule has 3 heterocycles. The van der Waals surface area contributed by atoms with Crippen LogP contribution in [-0.4, -0.2) is 49.6 Å². The third-order valence-corrected chi connectivity index (χ3v) is 8.95. The Morgan fingerprint density at radius 1 is 1.00 bits per heavy atom. The second-order valence-electron chi connectivity index (χ2n) is 10.3. The van der Waals surface area contributed by atoms with E-state index in [1.807, 2.05) is 0 Å². The highest BCUT2D eigenvalue weighted by molar-refractivity contribution is 8.03. The van der Waals surface area contributed by atoms with Crippen molar-refractivity contribution in [1.82, 2.24) is 4.98 Å². The van der Waals surface area contributed by atoms with Gasteiger partial charge in [-0.15, -0.1) is 0 Å². The number of quaternary nitrogens is 1. The number of thioether (sulfide) groups is 1. The summed E-state index contributed by atoms with van der Waals surface area (Å²) in [5.41, 5.74) is -0.918. The molecule has 15 heteroatoms. The Kier molecular flexibility index (Phi) is 8.17. The smallest absolute Gasteiger partial charge is 0.498 e. The van der Waals surface area contributed by atoms with Crippen molar-refractivity contribution in [3.8, 4) is 0 Å². The van der Waals surface area contributed by atoms with Crippen molar-refractivity contribution in [2.24, 2.45) is 5.41 Å². The molecule has 44 heavy (non-hydrogen) atoms. The maximum Gasteiger partial charge on any atom is 0.508 e. The van der Waals surface area contributed by atoms with Gasteiger partial charge in [0.15, 0.2) is 5.41 Å². The third kappa shape index (κ3) is 5.38. The van der Waals surface area contributed by atoms with Gasteiger partial charge >= 0.3 is 12.1 Å². The van der Waals surface area contributed by atoms with Gasteiger partial charge in [0.2, 0.25) is 0 Å². The molecule has 2 amide bonds. The van der Waals surface area contributed by atoms with Gasteiger partial charge in [0, 0.05) is 59.3 Å². The van der Waals surface area contributed by atoms with E-state index in [1.54, 1.807) is 24.5 Å². The molecule has 2 aliphatic heterocycles. The van der Waals surface area contributed by atoms with E-state index in [1.165, 1.54) is 73.4 Å². The number of nitro groups is 2. The number of aromatic nitrogens is 1. The van der Waals surface area contributed by atoms with E-state index in [9.17, 15) is 39.7 Å². The summed E-state index contributed by atoms with van der Waals surface area (Å²) in [4.78, 5) is 65.7. The highest BCUT2D eigenvalue weighted by atomic mass is 32.2. The van der Waals surface area contributed by atoms with Crippen molar-refractivity contribution in [3.63, 3.8) is 0 Å². The van der Waals surface area contributed by atoms with Crippen LogP contribution in [0.1, 0.15) is 24.5 Å². The molecule has 14 nitrogen and oxygen atoms in total. The van der Waals surface area contributed by atoms with Crippen LogP contribution in [-0.2, 0) is 27.3 Å². The van der Waals surface area contributed by atoms with Crippen LogP contribution in [0, 0.1) is 25.6 Å². The number of β-lactam (4-membered cyclic amide) rings is 1. The van der Waals surface area contributed by atoms with E-state index < -0.39 is 50.0 Å². The quantitative estimate of drug-likeness (QED) is 0.103. The fourth-order valence-corrected chi connectivity index (χ4v) is 6.78. The van der Waals surface area contributed by atoms with Crippen LogP contribution < -0.4 is 5.11 Å². The number of pyridine rings is 1. The zero-order valence-electron chi connectivity index (χ0n) is 23.1. The number of imide groups is 1. The van der Waals surface area contributed by atoms with Crippen LogP contribution in [0.4, 0.5) is 21.0 Å². The zero-order chi connectivity index (χ0) is 31.6. The Hall–Kier alpha value is -5.15. The minimum Gasteiger partial charge on any atom is -0.498 e. The third-order valence-electron chi connectivity index (χ3n) is 7.91. The molecule has 4 atom stereocenters. The van der Waals surface area contributed by atoms with E-state index in [0.29, 0.717) is 16.0 Å². The lowest BCUT2D eigenvalue weighted by Crippen LogP contribution is -2.83. The van der Waals surface area contributed by atoms with Crippen LogP contribution in [0.15, 0.2) is 89.1 Å². The molecule has 0 saturated carbocycles. The van der Waals surface area contributed by atoms with Gasteiger partial charge in [-0.3, -0.25) is 25.2 Å². The molecule has 0 unspecified atom stereocenters. The molecule has 0 bridgehead atoms. The molecule has 3 aromatic rings. The second-order valence-corrected chi connectivity index (χ2v) is 11.5. The summed E-state index contributed by atoms with van der Waals surface area (Å²) in [5.74, 6) is -0.762. The van der Waals surface area contributed by atoms with Gasteiger partial charge in [-0.1, -0.05) is 23.9 Å². The molecule has 1 saturated heterocycles. The SMILES string of the molecule is C[C@@H](OC(=O)OCc1ccc([N+](=O)[O-])cc1)[C@@]1(Cc2ccc([N+](=O)[O-])cc2)C(=O)[N@@+]2(C(=O)[O-])C=C(Sc3ccncc3)C[C@H]12. The monoisotopic (exact) mass is 620 g/mol. The summed E-state index contributed by atoms with van der Waals surface area (Å²) in [6.45, 7) is 1.19. The normalized spacial score (nSPS) is 22.6. The first-order valence-electron chi connectivity index (χ1n) is 13.2. The number of hydrogen-bond acceptors (Lipinski definition) is 12. The van der Waals surface area contributed by atoms with E-state index >= 15 is 0 Å². The number of carboxylic acid groups (broad SMARTS) is 1. The Labute approximate surface area is 253 Å². The molecule has 226 valence electrons. The standard InChI is InChI=1S/C29H24N4O10S/c1-18(43-28(37)42-17-20-4-8-22(9-5-20)32(40)41)29(15-19-2-6-21(7-3-19)31(38)39)25-14-24(44-23-10-12-30-13-11-23)16-33(25,26(29)34)27(35)36/h2-13,16,18,25H,14-15,17H2,1H3/t18-,25-,29-,33-/m1/s1. The Bertz CT molecular complexity index is 1670. The number of hydrogen-bond donors (Lipinski definition) is 0. The Morgan fingerprint density at radius 3 is 2.11 bits per heavy atom. The molecule has 2 aromatic carbocycles. The van der Waals surface area contributed by atoms with Crippen LogP contribution in [0.25, 0.3) is 0 Å². The molecule has 0 spiro atoms. The number of nitro benzene ring substituents is 2. The Morgan fingerprint density at radius 2 is 1.57 bits per heavy atom. The molecule has 5 rings (SSSR count). The summed E-state index contributed by atoms with van der Waals surface area (Å²) >= 11 is 1.28. The lowest BCUT2D eigenvalue weighted by Gasteiger charge is -2.57. The first-order valence-corrected chi connectivity index (χ1v) is 14.0. The molecule has 0 N–H and O–H groups in total. The van der Waals surface area contributed by atoms with Crippen molar-refractivity contribution in [3.05, 3.63) is 116 Å². The number of amides is 2. The van der Waals surface area contributed by atoms with E-state index in [-0.39, 0.29) is 30.8 Å². The minimum absolute atomic E-state index is 0.0837. The van der Waals surface area contributed by atoms with Crippen LogP contribution in [0.2, 0.25) is 0 Å². The topological polar surface area (TPSA) is 192 Å². The van der Waals surface area contributed by atoms with Crippen LogP contribution >= 0.6 is 11.8 Å². The van der Waals surface area contributed by atoms with Gasteiger partial charge < -0.3 is 19.4 Å². The van der Waals surface area contributed by atoms with Gasteiger partial charge in [-0.2, -0.15) is 4.48 Å². The number of rotatable bonds is 10. The van der Waals surface area contributed by atoms with Gasteiger partial charge in [-0.05, 0) is 42.3 Å². The summed E-state index contributed by atoms with van der Waals surface area (Å²) in [7, 11) is 0. The number of fused-ring (bicyclic) bond motifs is 1. The molecule has 2 aliphatic rings. The first kappa shape index (κ1) is 30.3.